The minimum Gasteiger partial charge on any atom is -0.491 e. The van der Waals surface area contributed by atoms with E-state index < -0.39 is 0 Å². The van der Waals surface area contributed by atoms with Crippen molar-refractivity contribution in [3.8, 4) is 5.75 Å². The molecule has 2 N–H and O–H groups in total. The topological polar surface area (TPSA) is 58.5 Å². The van der Waals surface area contributed by atoms with Crippen LogP contribution in [0, 0.1) is 13.8 Å². The quantitative estimate of drug-likeness (QED) is 0.314. The van der Waals surface area contributed by atoms with Crippen LogP contribution in [0.1, 0.15) is 16.8 Å². The van der Waals surface area contributed by atoms with E-state index in [-0.39, 0.29) is 24.0 Å². The Morgan fingerprint density at radius 2 is 1.83 bits per heavy atom. The van der Waals surface area contributed by atoms with Gasteiger partial charge in [0, 0.05) is 13.2 Å². The van der Waals surface area contributed by atoms with Crippen LogP contribution in [-0.2, 0) is 6.54 Å². The molecule has 1 heterocycles. The van der Waals surface area contributed by atoms with Crippen molar-refractivity contribution in [2.45, 2.75) is 20.4 Å². The number of pyridine rings is 1. The maximum atomic E-state index is 5.87. The molecule has 0 spiro atoms. The summed E-state index contributed by atoms with van der Waals surface area (Å²) in [6.07, 6.45) is 1.78. The highest BCUT2D eigenvalue weighted by molar-refractivity contribution is 14.0. The molecule has 1 aromatic heterocycles. The first-order valence-corrected chi connectivity index (χ1v) is 7.74. The van der Waals surface area contributed by atoms with Gasteiger partial charge >= 0.3 is 0 Å². The van der Waals surface area contributed by atoms with Crippen LogP contribution in [0.2, 0.25) is 0 Å². The lowest BCUT2D eigenvalue weighted by Crippen LogP contribution is -2.39. The van der Waals surface area contributed by atoms with Gasteiger partial charge in [-0.3, -0.25) is 9.98 Å². The first kappa shape index (κ1) is 20.2. The van der Waals surface area contributed by atoms with Crippen molar-refractivity contribution in [1.82, 2.24) is 15.6 Å². The fraction of sp³-hybridized carbons (Fsp3) is 0.333. The second-order valence-corrected chi connectivity index (χ2v) is 5.24. The van der Waals surface area contributed by atoms with Gasteiger partial charge in [-0.25, -0.2) is 0 Å². The van der Waals surface area contributed by atoms with E-state index in [4.69, 9.17) is 4.74 Å². The lowest BCUT2D eigenvalue weighted by atomic mass is 10.1. The summed E-state index contributed by atoms with van der Waals surface area (Å²) in [5, 5.41) is 6.46. The van der Waals surface area contributed by atoms with Crippen molar-refractivity contribution < 1.29 is 4.74 Å². The normalized spacial score (nSPS) is 10.7. The second kappa shape index (κ2) is 10.9. The molecule has 130 valence electrons. The molecule has 0 fully saturated rings. The van der Waals surface area contributed by atoms with Gasteiger partial charge in [0.15, 0.2) is 5.96 Å². The molecule has 1 aromatic carbocycles. The molecule has 6 heteroatoms. The zero-order valence-corrected chi connectivity index (χ0v) is 16.7. The number of hydrogen-bond donors (Lipinski definition) is 2. The van der Waals surface area contributed by atoms with Crippen molar-refractivity contribution >= 4 is 29.9 Å². The average Bonchev–Trinajstić information content (AvgIpc) is 2.57. The van der Waals surface area contributed by atoms with Gasteiger partial charge in [0.2, 0.25) is 0 Å². The van der Waals surface area contributed by atoms with Gasteiger partial charge in [0.05, 0.1) is 18.8 Å². The fourth-order valence-electron chi connectivity index (χ4n) is 2.25. The number of guanidine groups is 1. The van der Waals surface area contributed by atoms with Crippen molar-refractivity contribution in [3.05, 3.63) is 59.4 Å². The molecule has 0 aliphatic rings. The predicted octanol–water partition coefficient (Wildman–Crippen LogP) is 3.06. The molecule has 0 aliphatic carbocycles. The Hall–Kier alpha value is -1.83. The standard InChI is InChI=1S/C18H24N4O.HI/c1-14-7-6-8-15(2)17(14)23-12-11-21-18(19-3)22-13-16-9-4-5-10-20-16;/h4-10H,11-13H2,1-3H3,(H2,19,21,22);1H. The number of rotatable bonds is 6. The molecule has 0 atom stereocenters. The Morgan fingerprint density at radius 3 is 2.46 bits per heavy atom. The molecular weight excluding hydrogens is 415 g/mol. The van der Waals surface area contributed by atoms with Crippen LogP contribution in [0.3, 0.4) is 0 Å². The van der Waals surface area contributed by atoms with Crippen molar-refractivity contribution in [1.29, 1.82) is 0 Å². The summed E-state index contributed by atoms with van der Waals surface area (Å²) in [5.74, 6) is 1.70. The summed E-state index contributed by atoms with van der Waals surface area (Å²) in [7, 11) is 1.75. The van der Waals surface area contributed by atoms with E-state index in [1.54, 1.807) is 13.2 Å². The van der Waals surface area contributed by atoms with Gasteiger partial charge in [0.25, 0.3) is 0 Å². The number of aliphatic imine (C=N–C) groups is 1. The van der Waals surface area contributed by atoms with Crippen molar-refractivity contribution in [2.24, 2.45) is 4.99 Å². The summed E-state index contributed by atoms with van der Waals surface area (Å²) in [4.78, 5) is 8.46. The van der Waals surface area contributed by atoms with Crippen LogP contribution in [0.15, 0.2) is 47.6 Å². The summed E-state index contributed by atoms with van der Waals surface area (Å²) in [5.41, 5.74) is 3.28. The monoisotopic (exact) mass is 440 g/mol. The van der Waals surface area contributed by atoms with E-state index >= 15 is 0 Å². The van der Waals surface area contributed by atoms with Gasteiger partial charge in [0.1, 0.15) is 12.4 Å². The first-order chi connectivity index (χ1) is 11.2. The Bertz CT molecular complexity index is 626. The van der Waals surface area contributed by atoms with Gasteiger partial charge in [-0.15, -0.1) is 24.0 Å². The second-order valence-electron chi connectivity index (χ2n) is 5.24. The molecule has 0 saturated carbocycles. The lowest BCUT2D eigenvalue weighted by molar-refractivity contribution is 0.317. The fourth-order valence-corrected chi connectivity index (χ4v) is 2.25. The summed E-state index contributed by atoms with van der Waals surface area (Å²) >= 11 is 0. The molecule has 24 heavy (non-hydrogen) atoms. The SMILES string of the molecule is CN=C(NCCOc1c(C)cccc1C)NCc1ccccn1.I. The van der Waals surface area contributed by atoms with E-state index in [1.807, 2.05) is 24.3 Å². The molecule has 0 amide bonds. The number of halogens is 1. The zero-order chi connectivity index (χ0) is 16.5. The summed E-state index contributed by atoms with van der Waals surface area (Å²) in [6.45, 7) is 6.01. The molecular formula is C18H25IN4O. The third-order valence-corrected chi connectivity index (χ3v) is 3.44. The van der Waals surface area contributed by atoms with E-state index in [1.165, 1.54) is 0 Å². The highest BCUT2D eigenvalue weighted by Crippen LogP contribution is 2.21. The van der Waals surface area contributed by atoms with Crippen LogP contribution in [0.25, 0.3) is 0 Å². The number of benzene rings is 1. The smallest absolute Gasteiger partial charge is 0.191 e. The van der Waals surface area contributed by atoms with E-state index in [9.17, 15) is 0 Å². The van der Waals surface area contributed by atoms with E-state index in [2.05, 4.69) is 46.6 Å². The van der Waals surface area contributed by atoms with E-state index in [0.29, 0.717) is 19.7 Å². The lowest BCUT2D eigenvalue weighted by Gasteiger charge is -2.14. The maximum Gasteiger partial charge on any atom is 0.191 e. The van der Waals surface area contributed by atoms with Gasteiger partial charge in [-0.1, -0.05) is 24.3 Å². The number of nitrogens with one attached hydrogen (secondary N) is 2. The molecule has 0 radical (unpaired) electrons. The largest absolute Gasteiger partial charge is 0.491 e. The van der Waals surface area contributed by atoms with Crippen molar-refractivity contribution in [2.75, 3.05) is 20.2 Å². The number of hydrogen-bond acceptors (Lipinski definition) is 3. The average molecular weight is 440 g/mol. The van der Waals surface area contributed by atoms with Gasteiger partial charge < -0.3 is 15.4 Å². The van der Waals surface area contributed by atoms with Crippen LogP contribution < -0.4 is 15.4 Å². The van der Waals surface area contributed by atoms with Crippen LogP contribution >= 0.6 is 24.0 Å². The number of para-hydroxylation sites is 1. The van der Waals surface area contributed by atoms with Gasteiger partial charge in [-0.05, 0) is 37.1 Å². The van der Waals surface area contributed by atoms with Crippen LogP contribution in [0.4, 0.5) is 0 Å². The Labute approximate surface area is 161 Å². The molecule has 0 aliphatic heterocycles. The molecule has 0 bridgehead atoms. The highest BCUT2D eigenvalue weighted by atomic mass is 127. The number of ether oxygens (including phenoxy) is 1. The molecule has 5 nitrogen and oxygen atoms in total. The minimum absolute atomic E-state index is 0. The van der Waals surface area contributed by atoms with Gasteiger partial charge in [-0.2, -0.15) is 0 Å². The number of aryl methyl sites for hydroxylation is 2. The van der Waals surface area contributed by atoms with Crippen molar-refractivity contribution in [3.63, 3.8) is 0 Å². The first-order valence-electron chi connectivity index (χ1n) is 7.74. The maximum absolute atomic E-state index is 5.87. The summed E-state index contributed by atoms with van der Waals surface area (Å²) < 4.78 is 5.87. The Kier molecular flexibility index (Phi) is 9.14. The third kappa shape index (κ3) is 6.35. The molecule has 0 unspecified atom stereocenters. The van der Waals surface area contributed by atoms with Crippen LogP contribution in [0.5, 0.6) is 5.75 Å². The number of aromatic nitrogens is 1. The predicted molar refractivity (Wildman–Crippen MR) is 109 cm³/mol. The Balaban J connectivity index is 0.00000288. The van der Waals surface area contributed by atoms with E-state index in [0.717, 1.165) is 28.5 Å². The molecule has 2 rings (SSSR count). The molecule has 0 saturated heterocycles. The van der Waals surface area contributed by atoms with Crippen LogP contribution in [-0.4, -0.2) is 31.1 Å². The third-order valence-electron chi connectivity index (χ3n) is 3.44. The molecule has 2 aromatic rings. The summed E-state index contributed by atoms with van der Waals surface area (Å²) in [6, 6.07) is 12.0. The highest BCUT2D eigenvalue weighted by Gasteiger charge is 2.03. The minimum atomic E-state index is 0. The zero-order valence-electron chi connectivity index (χ0n) is 14.4. The number of nitrogens with zero attached hydrogens (tertiary/aromatic N) is 2. The Morgan fingerprint density at radius 1 is 1.08 bits per heavy atom.